The second-order valence-electron chi connectivity index (χ2n) is 4.29. The molecular formula is C14H22N2O3. The number of amides is 1. The van der Waals surface area contributed by atoms with Gasteiger partial charge in [0.05, 0.1) is 6.61 Å². The van der Waals surface area contributed by atoms with Crippen LogP contribution in [0.4, 0.5) is 4.79 Å². The third-order valence-corrected chi connectivity index (χ3v) is 3.00. The van der Waals surface area contributed by atoms with Crippen LogP contribution >= 0.6 is 0 Å². The smallest absolute Gasteiger partial charge is 0.410 e. The largest absolute Gasteiger partial charge is 0.445 e. The van der Waals surface area contributed by atoms with Crippen LogP contribution in [0.2, 0.25) is 0 Å². The molecule has 5 heteroatoms. The van der Waals surface area contributed by atoms with Crippen LogP contribution in [-0.2, 0) is 4.74 Å². The molecule has 5 nitrogen and oxygen atoms in total. The molecule has 1 heterocycles. The molecule has 106 valence electrons. The predicted molar refractivity (Wildman–Crippen MR) is 74.9 cm³/mol. The number of β-amino-alcohol motifs (C(OH)–C–C–N with tert-alkyl or cyclic N) is 1. The molecule has 1 aliphatic rings. The van der Waals surface area contributed by atoms with Gasteiger partial charge in [-0.15, -0.1) is 0 Å². The fraction of sp³-hybridized carbons (Fsp3) is 0.500. The van der Waals surface area contributed by atoms with E-state index in [9.17, 15) is 4.79 Å². The normalized spacial score (nSPS) is 17.1. The van der Waals surface area contributed by atoms with Crippen LogP contribution in [0.1, 0.15) is 0 Å². The SMILES string of the molecule is C=C/C=C(\C=C)COC(=O)N1CCN(CCO)CC1. The minimum atomic E-state index is -0.305. The average molecular weight is 266 g/mol. The summed E-state index contributed by atoms with van der Waals surface area (Å²) < 4.78 is 5.21. The number of nitrogens with zero attached hydrogens (tertiary/aromatic N) is 2. The van der Waals surface area contributed by atoms with Crippen LogP contribution in [0, 0.1) is 0 Å². The highest BCUT2D eigenvalue weighted by atomic mass is 16.6. The van der Waals surface area contributed by atoms with E-state index in [4.69, 9.17) is 9.84 Å². The van der Waals surface area contributed by atoms with Gasteiger partial charge in [-0.25, -0.2) is 4.79 Å². The Morgan fingerprint density at radius 2 is 1.95 bits per heavy atom. The van der Waals surface area contributed by atoms with Gasteiger partial charge in [0, 0.05) is 32.7 Å². The van der Waals surface area contributed by atoms with Gasteiger partial charge >= 0.3 is 6.09 Å². The van der Waals surface area contributed by atoms with E-state index < -0.39 is 0 Å². The number of hydrogen-bond acceptors (Lipinski definition) is 4. The number of carbonyl (C=O) groups excluding carboxylic acids is 1. The van der Waals surface area contributed by atoms with Crippen molar-refractivity contribution in [2.45, 2.75) is 0 Å². The van der Waals surface area contributed by atoms with Crippen molar-refractivity contribution in [2.24, 2.45) is 0 Å². The Hall–Kier alpha value is -1.59. The summed E-state index contributed by atoms with van der Waals surface area (Å²) in [5, 5.41) is 8.85. The summed E-state index contributed by atoms with van der Waals surface area (Å²) in [7, 11) is 0. The van der Waals surface area contributed by atoms with Gasteiger partial charge in [0.25, 0.3) is 0 Å². The molecule has 0 bridgehead atoms. The number of hydrogen-bond donors (Lipinski definition) is 1. The van der Waals surface area contributed by atoms with Crippen molar-refractivity contribution >= 4 is 6.09 Å². The van der Waals surface area contributed by atoms with Gasteiger partial charge in [0.15, 0.2) is 0 Å². The second-order valence-corrected chi connectivity index (χ2v) is 4.29. The summed E-state index contributed by atoms with van der Waals surface area (Å²) in [5.41, 5.74) is 0.822. The van der Waals surface area contributed by atoms with Crippen molar-refractivity contribution in [3.05, 3.63) is 37.0 Å². The molecule has 0 atom stereocenters. The summed E-state index contributed by atoms with van der Waals surface area (Å²) in [6.45, 7) is 11.1. The summed E-state index contributed by atoms with van der Waals surface area (Å²) in [6, 6.07) is 0. The number of aliphatic hydroxyl groups is 1. The fourth-order valence-electron chi connectivity index (χ4n) is 1.86. The number of ether oxygens (including phenoxy) is 1. The first-order chi connectivity index (χ1) is 9.21. The molecule has 0 spiro atoms. The molecule has 0 unspecified atom stereocenters. The molecule has 1 fully saturated rings. The van der Waals surface area contributed by atoms with E-state index in [1.807, 2.05) is 0 Å². The van der Waals surface area contributed by atoms with Crippen molar-refractivity contribution in [2.75, 3.05) is 45.9 Å². The average Bonchev–Trinajstić information content (AvgIpc) is 2.44. The zero-order valence-electron chi connectivity index (χ0n) is 11.3. The molecule has 19 heavy (non-hydrogen) atoms. The summed E-state index contributed by atoms with van der Waals surface area (Å²) in [4.78, 5) is 15.6. The first-order valence-corrected chi connectivity index (χ1v) is 6.40. The maximum atomic E-state index is 11.8. The molecule has 0 aliphatic carbocycles. The van der Waals surface area contributed by atoms with Crippen LogP contribution in [0.3, 0.4) is 0 Å². The molecule has 1 amide bonds. The summed E-state index contributed by atoms with van der Waals surface area (Å²) in [5.74, 6) is 0. The molecule has 0 saturated carbocycles. The van der Waals surface area contributed by atoms with E-state index in [0.717, 1.165) is 18.7 Å². The van der Waals surface area contributed by atoms with Crippen LogP contribution in [0.25, 0.3) is 0 Å². The zero-order chi connectivity index (χ0) is 14.1. The van der Waals surface area contributed by atoms with Gasteiger partial charge < -0.3 is 14.7 Å². The van der Waals surface area contributed by atoms with Crippen LogP contribution in [0.15, 0.2) is 37.0 Å². The minimum Gasteiger partial charge on any atom is -0.445 e. The topological polar surface area (TPSA) is 53.0 Å². The molecule has 1 N–H and O–H groups in total. The lowest BCUT2D eigenvalue weighted by Crippen LogP contribution is -2.49. The number of allylic oxidation sites excluding steroid dienone is 2. The van der Waals surface area contributed by atoms with Crippen molar-refractivity contribution in [3.63, 3.8) is 0 Å². The van der Waals surface area contributed by atoms with Gasteiger partial charge in [0.1, 0.15) is 6.61 Å². The standard InChI is InChI=1S/C14H22N2O3/c1-3-5-13(4-2)12-19-14(18)16-8-6-15(7-9-16)10-11-17/h3-5,17H,1-2,6-12H2/b13-5+. The summed E-state index contributed by atoms with van der Waals surface area (Å²) >= 11 is 0. The first-order valence-electron chi connectivity index (χ1n) is 6.40. The van der Waals surface area contributed by atoms with Gasteiger partial charge in [-0.2, -0.15) is 0 Å². The van der Waals surface area contributed by atoms with Crippen molar-refractivity contribution in [3.8, 4) is 0 Å². The van der Waals surface area contributed by atoms with Gasteiger partial charge in [-0.05, 0) is 5.57 Å². The molecule has 0 radical (unpaired) electrons. The Kier molecular flexibility index (Phi) is 6.92. The number of piperazine rings is 1. The van der Waals surface area contributed by atoms with Crippen molar-refractivity contribution < 1.29 is 14.6 Å². The number of aliphatic hydroxyl groups excluding tert-OH is 1. The van der Waals surface area contributed by atoms with Crippen LogP contribution in [0.5, 0.6) is 0 Å². The van der Waals surface area contributed by atoms with Crippen LogP contribution < -0.4 is 0 Å². The van der Waals surface area contributed by atoms with Crippen LogP contribution in [-0.4, -0.2) is 66.9 Å². The Labute approximate surface area is 114 Å². The molecule has 1 aliphatic heterocycles. The van der Waals surface area contributed by atoms with E-state index >= 15 is 0 Å². The lowest BCUT2D eigenvalue weighted by molar-refractivity contribution is 0.0768. The van der Waals surface area contributed by atoms with E-state index in [1.165, 1.54) is 0 Å². The molecule has 1 rings (SSSR count). The van der Waals surface area contributed by atoms with Crippen molar-refractivity contribution in [1.82, 2.24) is 9.80 Å². The third-order valence-electron chi connectivity index (χ3n) is 3.00. The highest BCUT2D eigenvalue weighted by Crippen LogP contribution is 2.05. The lowest BCUT2D eigenvalue weighted by Gasteiger charge is -2.33. The van der Waals surface area contributed by atoms with Crippen molar-refractivity contribution in [1.29, 1.82) is 0 Å². The Balaban J connectivity index is 2.33. The Morgan fingerprint density at radius 3 is 2.47 bits per heavy atom. The lowest BCUT2D eigenvalue weighted by atomic mass is 10.2. The van der Waals surface area contributed by atoms with Gasteiger partial charge in [0.2, 0.25) is 0 Å². The highest BCUT2D eigenvalue weighted by molar-refractivity contribution is 5.68. The molecule has 0 aromatic rings. The number of rotatable bonds is 6. The predicted octanol–water partition coefficient (Wildman–Crippen LogP) is 1.03. The summed E-state index contributed by atoms with van der Waals surface area (Å²) in [6.07, 6.45) is 4.74. The van der Waals surface area contributed by atoms with E-state index in [-0.39, 0.29) is 19.3 Å². The Morgan fingerprint density at radius 1 is 1.26 bits per heavy atom. The quantitative estimate of drug-likeness (QED) is 0.730. The van der Waals surface area contributed by atoms with E-state index in [0.29, 0.717) is 19.6 Å². The van der Waals surface area contributed by atoms with E-state index in [2.05, 4.69) is 18.1 Å². The third kappa shape index (κ3) is 5.28. The maximum Gasteiger partial charge on any atom is 0.410 e. The second kappa shape index (κ2) is 8.50. The fourth-order valence-corrected chi connectivity index (χ4v) is 1.86. The molecular weight excluding hydrogens is 244 g/mol. The Bertz CT molecular complexity index is 345. The first kappa shape index (κ1) is 15.5. The highest BCUT2D eigenvalue weighted by Gasteiger charge is 2.21. The zero-order valence-corrected chi connectivity index (χ0v) is 11.3. The molecule has 0 aromatic heterocycles. The maximum absolute atomic E-state index is 11.8. The minimum absolute atomic E-state index is 0.152. The van der Waals surface area contributed by atoms with Gasteiger partial charge in [-0.3, -0.25) is 4.90 Å². The number of carbonyl (C=O) groups is 1. The molecule has 0 aromatic carbocycles. The molecule has 1 saturated heterocycles. The monoisotopic (exact) mass is 266 g/mol. The van der Waals surface area contributed by atoms with E-state index in [1.54, 1.807) is 23.1 Å². The van der Waals surface area contributed by atoms with Gasteiger partial charge in [-0.1, -0.05) is 31.4 Å².